The van der Waals surface area contributed by atoms with Crippen molar-refractivity contribution >= 4 is 0 Å². The Morgan fingerprint density at radius 1 is 1.31 bits per heavy atom. The van der Waals surface area contributed by atoms with Crippen LogP contribution in [0.2, 0.25) is 0 Å². The van der Waals surface area contributed by atoms with E-state index in [0.29, 0.717) is 0 Å². The first-order valence-corrected chi connectivity index (χ1v) is 6.74. The zero-order chi connectivity index (χ0) is 12.1. The van der Waals surface area contributed by atoms with Gasteiger partial charge >= 0.3 is 0 Å². The molecule has 0 bridgehead atoms. The minimum absolute atomic E-state index is 0.804. The van der Waals surface area contributed by atoms with Crippen LogP contribution in [-0.2, 0) is 4.74 Å². The molecule has 0 amide bonds. The van der Waals surface area contributed by atoms with E-state index in [1.54, 1.807) is 0 Å². The molecular weight excluding hydrogens is 198 g/mol. The molecule has 96 valence electrons. The topological polar surface area (TPSA) is 21.3 Å². The Hall–Kier alpha value is -0.340. The third kappa shape index (κ3) is 10.2. The standard InChI is InChI=1S/C14H29NO/c1-4-7-9-14(6-3)13-15-10-12-16-11-8-5-2/h5,14-15H,2,4,6-13H2,1,3H3. The maximum Gasteiger partial charge on any atom is 0.0591 e. The Morgan fingerprint density at radius 3 is 2.75 bits per heavy atom. The zero-order valence-corrected chi connectivity index (χ0v) is 11.1. The summed E-state index contributed by atoms with van der Waals surface area (Å²) in [6, 6.07) is 0. The van der Waals surface area contributed by atoms with Crippen LogP contribution in [0.1, 0.15) is 46.0 Å². The molecule has 0 aliphatic heterocycles. The molecule has 0 aliphatic rings. The van der Waals surface area contributed by atoms with Crippen LogP contribution in [0.3, 0.4) is 0 Å². The lowest BCUT2D eigenvalue weighted by Crippen LogP contribution is -2.26. The van der Waals surface area contributed by atoms with Gasteiger partial charge in [0, 0.05) is 6.54 Å². The summed E-state index contributed by atoms with van der Waals surface area (Å²) in [7, 11) is 0. The van der Waals surface area contributed by atoms with Gasteiger partial charge in [-0.05, 0) is 25.3 Å². The second-order valence-corrected chi connectivity index (χ2v) is 4.31. The van der Waals surface area contributed by atoms with Gasteiger partial charge in [-0.25, -0.2) is 0 Å². The summed E-state index contributed by atoms with van der Waals surface area (Å²) in [4.78, 5) is 0. The van der Waals surface area contributed by atoms with E-state index in [0.717, 1.165) is 38.6 Å². The Morgan fingerprint density at radius 2 is 2.12 bits per heavy atom. The first-order chi connectivity index (χ1) is 7.85. The van der Waals surface area contributed by atoms with Crippen LogP contribution < -0.4 is 5.32 Å². The summed E-state index contributed by atoms with van der Waals surface area (Å²) in [5.41, 5.74) is 0. The van der Waals surface area contributed by atoms with Gasteiger partial charge in [0.1, 0.15) is 0 Å². The lowest BCUT2D eigenvalue weighted by atomic mass is 9.99. The summed E-state index contributed by atoms with van der Waals surface area (Å²) < 4.78 is 5.44. The molecule has 1 unspecified atom stereocenters. The zero-order valence-electron chi connectivity index (χ0n) is 11.1. The number of ether oxygens (including phenoxy) is 1. The van der Waals surface area contributed by atoms with Crippen LogP contribution in [0.15, 0.2) is 12.7 Å². The fraction of sp³-hybridized carbons (Fsp3) is 0.857. The molecule has 0 heterocycles. The first-order valence-electron chi connectivity index (χ1n) is 6.74. The van der Waals surface area contributed by atoms with Crippen molar-refractivity contribution in [3.63, 3.8) is 0 Å². The first kappa shape index (κ1) is 15.7. The van der Waals surface area contributed by atoms with E-state index in [-0.39, 0.29) is 0 Å². The smallest absolute Gasteiger partial charge is 0.0591 e. The number of nitrogens with one attached hydrogen (secondary N) is 1. The average Bonchev–Trinajstić information content (AvgIpc) is 2.32. The molecule has 1 atom stereocenters. The van der Waals surface area contributed by atoms with Gasteiger partial charge in [0.05, 0.1) is 13.2 Å². The Labute approximate surface area is 101 Å². The van der Waals surface area contributed by atoms with E-state index in [9.17, 15) is 0 Å². The predicted octanol–water partition coefficient (Wildman–Crippen LogP) is 3.39. The maximum atomic E-state index is 5.44. The van der Waals surface area contributed by atoms with E-state index in [2.05, 4.69) is 25.7 Å². The quantitative estimate of drug-likeness (QED) is 0.407. The van der Waals surface area contributed by atoms with Gasteiger partial charge in [-0.1, -0.05) is 39.2 Å². The third-order valence-electron chi connectivity index (χ3n) is 2.87. The summed E-state index contributed by atoms with van der Waals surface area (Å²) in [6.45, 7) is 11.9. The highest BCUT2D eigenvalue weighted by Crippen LogP contribution is 2.10. The van der Waals surface area contributed by atoms with E-state index in [4.69, 9.17) is 4.74 Å². The van der Waals surface area contributed by atoms with Crippen molar-refractivity contribution in [3.8, 4) is 0 Å². The van der Waals surface area contributed by atoms with Crippen molar-refractivity contribution in [2.75, 3.05) is 26.3 Å². The lowest BCUT2D eigenvalue weighted by molar-refractivity contribution is 0.139. The number of unbranched alkanes of at least 4 members (excludes halogenated alkanes) is 1. The molecule has 0 radical (unpaired) electrons. The van der Waals surface area contributed by atoms with Crippen LogP contribution in [0.25, 0.3) is 0 Å². The van der Waals surface area contributed by atoms with Crippen molar-refractivity contribution in [1.29, 1.82) is 0 Å². The molecule has 16 heavy (non-hydrogen) atoms. The Balaban J connectivity index is 3.23. The maximum absolute atomic E-state index is 5.44. The molecule has 2 heteroatoms. The molecule has 0 saturated heterocycles. The third-order valence-corrected chi connectivity index (χ3v) is 2.87. The van der Waals surface area contributed by atoms with Gasteiger partial charge in [-0.3, -0.25) is 0 Å². The molecule has 2 nitrogen and oxygen atoms in total. The number of hydrogen-bond donors (Lipinski definition) is 1. The molecule has 0 spiro atoms. The SMILES string of the molecule is C=CCCOCCNCC(CC)CCCC. The van der Waals surface area contributed by atoms with Crippen LogP contribution in [-0.4, -0.2) is 26.3 Å². The van der Waals surface area contributed by atoms with Crippen molar-refractivity contribution in [2.24, 2.45) is 5.92 Å². The molecule has 0 aromatic rings. The summed E-state index contributed by atoms with van der Waals surface area (Å²) in [6.07, 6.45) is 8.15. The molecule has 0 aromatic heterocycles. The predicted molar refractivity (Wildman–Crippen MR) is 71.8 cm³/mol. The van der Waals surface area contributed by atoms with Crippen LogP contribution >= 0.6 is 0 Å². The lowest BCUT2D eigenvalue weighted by Gasteiger charge is -2.15. The summed E-state index contributed by atoms with van der Waals surface area (Å²) >= 11 is 0. The second kappa shape index (κ2) is 12.7. The molecule has 0 aliphatic carbocycles. The normalized spacial score (nSPS) is 12.6. The number of rotatable bonds is 12. The van der Waals surface area contributed by atoms with Gasteiger partial charge in [-0.2, -0.15) is 0 Å². The minimum Gasteiger partial charge on any atom is -0.380 e. The van der Waals surface area contributed by atoms with E-state index >= 15 is 0 Å². The highest BCUT2D eigenvalue weighted by Gasteiger charge is 2.04. The summed E-state index contributed by atoms with van der Waals surface area (Å²) in [5, 5.41) is 3.47. The Bertz CT molecular complexity index is 148. The van der Waals surface area contributed by atoms with Gasteiger partial charge in [0.15, 0.2) is 0 Å². The van der Waals surface area contributed by atoms with Gasteiger partial charge in [0.2, 0.25) is 0 Å². The van der Waals surface area contributed by atoms with Crippen LogP contribution in [0.4, 0.5) is 0 Å². The molecular formula is C14H29NO. The van der Waals surface area contributed by atoms with Crippen molar-refractivity contribution in [2.45, 2.75) is 46.0 Å². The fourth-order valence-corrected chi connectivity index (χ4v) is 1.66. The van der Waals surface area contributed by atoms with Crippen molar-refractivity contribution < 1.29 is 4.74 Å². The van der Waals surface area contributed by atoms with Crippen molar-refractivity contribution in [3.05, 3.63) is 12.7 Å². The van der Waals surface area contributed by atoms with E-state index in [1.807, 2.05) is 6.08 Å². The fourth-order valence-electron chi connectivity index (χ4n) is 1.66. The van der Waals surface area contributed by atoms with Crippen molar-refractivity contribution in [1.82, 2.24) is 5.32 Å². The molecule has 0 rings (SSSR count). The average molecular weight is 227 g/mol. The van der Waals surface area contributed by atoms with Gasteiger partial charge < -0.3 is 10.1 Å². The van der Waals surface area contributed by atoms with Gasteiger partial charge in [0.25, 0.3) is 0 Å². The molecule has 0 fully saturated rings. The molecule has 0 saturated carbocycles. The highest BCUT2D eigenvalue weighted by molar-refractivity contribution is 4.65. The second-order valence-electron chi connectivity index (χ2n) is 4.31. The highest BCUT2D eigenvalue weighted by atomic mass is 16.5. The molecule has 1 N–H and O–H groups in total. The van der Waals surface area contributed by atoms with Gasteiger partial charge in [-0.15, -0.1) is 6.58 Å². The minimum atomic E-state index is 0.804. The molecule has 0 aromatic carbocycles. The van der Waals surface area contributed by atoms with E-state index in [1.165, 1.54) is 25.7 Å². The van der Waals surface area contributed by atoms with E-state index < -0.39 is 0 Å². The Kier molecular flexibility index (Phi) is 12.5. The van der Waals surface area contributed by atoms with Crippen LogP contribution in [0, 0.1) is 5.92 Å². The van der Waals surface area contributed by atoms with Crippen LogP contribution in [0.5, 0.6) is 0 Å². The number of hydrogen-bond acceptors (Lipinski definition) is 2. The summed E-state index contributed by atoms with van der Waals surface area (Å²) in [5.74, 6) is 0.841. The largest absolute Gasteiger partial charge is 0.380 e. The monoisotopic (exact) mass is 227 g/mol.